The number of aliphatic hydroxyl groups excluding tert-OH is 2. The number of alkyl halides is 3. The highest BCUT2D eigenvalue weighted by Gasteiger charge is 2.37. The van der Waals surface area contributed by atoms with Gasteiger partial charge in [0.05, 0.1) is 5.56 Å². The topological polar surface area (TPSA) is 130 Å². The Morgan fingerprint density at radius 2 is 1.66 bits per heavy atom. The van der Waals surface area contributed by atoms with E-state index in [2.05, 4.69) is 10.2 Å². The largest absolute Gasteiger partial charge is 0.479 e. The molecule has 0 aromatic heterocycles. The van der Waals surface area contributed by atoms with Crippen LogP contribution in [0.4, 0.5) is 17.6 Å². The number of nitrogens with one attached hydrogen (secondary N) is 1. The average molecular weight is 466 g/mol. The fourth-order valence-electron chi connectivity index (χ4n) is 3.63. The Balaban J connectivity index is 0.000000309. The Kier molecular flexibility index (Phi) is 8.96. The average Bonchev–Trinajstić information content (AvgIpc) is 3.19. The molecule has 1 heterocycles. The zero-order chi connectivity index (χ0) is 24.1. The Morgan fingerprint density at radius 1 is 1.06 bits per heavy atom. The van der Waals surface area contributed by atoms with Crippen LogP contribution in [-0.2, 0) is 22.3 Å². The minimum Gasteiger partial charge on any atom is -0.479 e. The van der Waals surface area contributed by atoms with E-state index in [9.17, 15) is 27.2 Å². The number of hydrogen-bond acceptors (Lipinski definition) is 6. The van der Waals surface area contributed by atoms with Crippen molar-refractivity contribution in [2.75, 3.05) is 13.1 Å². The molecule has 0 spiro atoms. The normalized spacial score (nSPS) is 20.8. The van der Waals surface area contributed by atoms with Crippen LogP contribution in [0.3, 0.4) is 0 Å². The van der Waals surface area contributed by atoms with Gasteiger partial charge in [0, 0.05) is 25.2 Å². The van der Waals surface area contributed by atoms with Crippen LogP contribution in [0.15, 0.2) is 18.2 Å². The van der Waals surface area contributed by atoms with Gasteiger partial charge in [-0.2, -0.15) is 13.2 Å². The van der Waals surface area contributed by atoms with Gasteiger partial charge < -0.3 is 25.7 Å². The molecule has 2 aliphatic rings. The maximum atomic E-state index is 13.5. The molecule has 1 aliphatic heterocycles. The van der Waals surface area contributed by atoms with Crippen LogP contribution >= 0.6 is 0 Å². The lowest BCUT2D eigenvalue weighted by Crippen LogP contribution is -2.47. The van der Waals surface area contributed by atoms with Crippen molar-refractivity contribution in [3.8, 4) is 0 Å². The van der Waals surface area contributed by atoms with Crippen molar-refractivity contribution in [2.24, 2.45) is 0 Å². The molecule has 8 nitrogen and oxygen atoms in total. The van der Waals surface area contributed by atoms with Crippen molar-refractivity contribution >= 4 is 11.9 Å². The predicted octanol–water partition coefficient (Wildman–Crippen LogP) is 1.44. The molecule has 1 saturated carbocycles. The van der Waals surface area contributed by atoms with E-state index in [1.165, 1.54) is 0 Å². The lowest BCUT2D eigenvalue weighted by Gasteiger charge is -2.41. The zero-order valence-corrected chi connectivity index (χ0v) is 17.1. The summed E-state index contributed by atoms with van der Waals surface area (Å²) in [6, 6.07) is 3.36. The van der Waals surface area contributed by atoms with Crippen LogP contribution in [0.25, 0.3) is 0 Å². The first-order valence-electron chi connectivity index (χ1n) is 10.1. The van der Waals surface area contributed by atoms with Gasteiger partial charge in [-0.3, -0.25) is 4.90 Å². The first-order chi connectivity index (χ1) is 14.9. The minimum atomic E-state index is -4.44. The minimum absolute atomic E-state index is 0.0475. The zero-order valence-electron chi connectivity index (χ0n) is 17.1. The van der Waals surface area contributed by atoms with Crippen LogP contribution in [0.1, 0.15) is 36.8 Å². The second-order valence-electron chi connectivity index (χ2n) is 7.77. The number of rotatable bonds is 7. The van der Waals surface area contributed by atoms with Gasteiger partial charge >= 0.3 is 18.1 Å². The van der Waals surface area contributed by atoms with Gasteiger partial charge in [0.2, 0.25) is 0 Å². The van der Waals surface area contributed by atoms with E-state index < -0.39 is 41.7 Å². The third-order valence-electron chi connectivity index (χ3n) is 5.58. The maximum Gasteiger partial charge on any atom is 0.416 e. The number of carboxylic acid groups (broad SMARTS) is 2. The third-order valence-corrected chi connectivity index (χ3v) is 5.58. The number of aliphatic hydroxyl groups is 2. The summed E-state index contributed by atoms with van der Waals surface area (Å²) in [7, 11) is 0. The highest BCUT2D eigenvalue weighted by atomic mass is 19.4. The second kappa shape index (κ2) is 11.0. The van der Waals surface area contributed by atoms with E-state index in [4.69, 9.17) is 20.4 Å². The van der Waals surface area contributed by atoms with E-state index in [0.29, 0.717) is 6.04 Å². The maximum absolute atomic E-state index is 13.5. The Bertz CT molecular complexity index is 779. The molecular formula is C20H26F4N2O6. The van der Waals surface area contributed by atoms with Crippen molar-refractivity contribution in [1.82, 2.24) is 10.2 Å². The molecule has 1 saturated heterocycles. The standard InChI is InChI=1S/C16H20F4N2.C4H6O6/c17-12-4-5-15(16(18,19)20)11(8-12)10-22(13-2-1-3-13)14-6-7-21-9-14;5-1(3(7)8)2(6)4(9)10/h4-5,8,13-14,21H,1-3,6-7,9-10H2;1-2,5-6H,(H,7,8)(H,9,10)/t14-;1-,2-/m00/s1. The number of benzene rings is 1. The van der Waals surface area contributed by atoms with Crippen molar-refractivity contribution < 1.29 is 47.6 Å². The number of hydrogen-bond donors (Lipinski definition) is 5. The molecule has 1 aromatic rings. The van der Waals surface area contributed by atoms with Gasteiger partial charge in [-0.15, -0.1) is 0 Å². The van der Waals surface area contributed by atoms with Crippen molar-refractivity contribution in [1.29, 1.82) is 0 Å². The molecule has 5 N–H and O–H groups in total. The number of nitrogens with zero attached hydrogens (tertiary/aromatic N) is 1. The van der Waals surface area contributed by atoms with E-state index in [1.54, 1.807) is 0 Å². The van der Waals surface area contributed by atoms with Gasteiger partial charge in [0.15, 0.2) is 12.2 Å². The Labute approximate surface area is 181 Å². The van der Waals surface area contributed by atoms with Crippen LogP contribution < -0.4 is 5.32 Å². The van der Waals surface area contributed by atoms with Crippen LogP contribution in [0.2, 0.25) is 0 Å². The smallest absolute Gasteiger partial charge is 0.416 e. The molecular weight excluding hydrogens is 440 g/mol. The first-order valence-corrected chi connectivity index (χ1v) is 10.1. The van der Waals surface area contributed by atoms with E-state index in [0.717, 1.165) is 57.0 Å². The lowest BCUT2D eigenvalue weighted by molar-refractivity contribution is -0.165. The van der Waals surface area contributed by atoms with Gasteiger partial charge in [0.1, 0.15) is 5.82 Å². The molecule has 180 valence electrons. The van der Waals surface area contributed by atoms with Crippen LogP contribution in [0, 0.1) is 5.82 Å². The molecule has 0 bridgehead atoms. The van der Waals surface area contributed by atoms with E-state index in [-0.39, 0.29) is 18.2 Å². The van der Waals surface area contributed by atoms with Gasteiger partial charge in [-0.1, -0.05) is 6.42 Å². The first kappa shape index (κ1) is 26.0. The van der Waals surface area contributed by atoms with Crippen molar-refractivity contribution in [2.45, 2.75) is 62.7 Å². The molecule has 3 rings (SSSR count). The quantitative estimate of drug-likeness (QED) is 0.382. The summed E-state index contributed by atoms with van der Waals surface area (Å²) in [5.41, 5.74) is -0.671. The predicted molar refractivity (Wildman–Crippen MR) is 103 cm³/mol. The SMILES string of the molecule is Fc1ccc(C(F)(F)F)c(CN(C2CCC2)[C@H]2CCNC2)c1.O=C(O)[C@@H](O)[C@H](O)C(=O)O. The summed E-state index contributed by atoms with van der Waals surface area (Å²) in [4.78, 5) is 21.7. The number of aliphatic carboxylic acids is 2. The summed E-state index contributed by atoms with van der Waals surface area (Å²) in [5.74, 6) is -4.15. The number of halogens is 4. The Morgan fingerprint density at radius 3 is 2.06 bits per heavy atom. The monoisotopic (exact) mass is 466 g/mol. The lowest BCUT2D eigenvalue weighted by atomic mass is 9.89. The molecule has 1 aliphatic carbocycles. The molecule has 3 atom stereocenters. The summed E-state index contributed by atoms with van der Waals surface area (Å²) in [5, 5.41) is 35.8. The fraction of sp³-hybridized carbons (Fsp3) is 0.600. The molecule has 32 heavy (non-hydrogen) atoms. The number of carboxylic acids is 2. The highest BCUT2D eigenvalue weighted by Crippen LogP contribution is 2.35. The van der Waals surface area contributed by atoms with Crippen molar-refractivity contribution in [3.63, 3.8) is 0 Å². The van der Waals surface area contributed by atoms with Gasteiger partial charge in [0.25, 0.3) is 0 Å². The molecule has 0 radical (unpaired) electrons. The van der Waals surface area contributed by atoms with E-state index in [1.807, 2.05) is 0 Å². The summed E-state index contributed by atoms with van der Waals surface area (Å²) in [6.45, 7) is 1.86. The third kappa shape index (κ3) is 6.86. The summed E-state index contributed by atoms with van der Waals surface area (Å²) < 4.78 is 52.9. The molecule has 0 amide bonds. The molecule has 12 heteroatoms. The van der Waals surface area contributed by atoms with Crippen LogP contribution in [0.5, 0.6) is 0 Å². The van der Waals surface area contributed by atoms with Gasteiger partial charge in [-0.05, 0) is 49.6 Å². The molecule has 1 aromatic carbocycles. The summed E-state index contributed by atoms with van der Waals surface area (Å²) >= 11 is 0. The molecule has 0 unspecified atom stereocenters. The van der Waals surface area contributed by atoms with Crippen LogP contribution in [-0.4, -0.2) is 74.6 Å². The van der Waals surface area contributed by atoms with Crippen molar-refractivity contribution in [3.05, 3.63) is 35.1 Å². The highest BCUT2D eigenvalue weighted by molar-refractivity contribution is 5.83. The summed E-state index contributed by atoms with van der Waals surface area (Å²) in [6.07, 6.45) is -4.87. The molecule has 2 fully saturated rings. The Hall–Kier alpha value is -2.28. The van der Waals surface area contributed by atoms with Gasteiger partial charge in [-0.25, -0.2) is 14.0 Å². The number of carbonyl (C=O) groups is 2. The van der Waals surface area contributed by atoms with E-state index >= 15 is 0 Å². The fourth-order valence-corrected chi connectivity index (χ4v) is 3.63. The second-order valence-corrected chi connectivity index (χ2v) is 7.77.